The Balaban J connectivity index is 1.96. The third kappa shape index (κ3) is 4.10. The molecule has 0 aromatic heterocycles. The highest BCUT2D eigenvalue weighted by Gasteiger charge is 2.23. The molecule has 1 saturated heterocycles. The van der Waals surface area contributed by atoms with E-state index < -0.39 is 0 Å². The van der Waals surface area contributed by atoms with Crippen LogP contribution in [-0.4, -0.2) is 25.2 Å². The predicted octanol–water partition coefficient (Wildman–Crippen LogP) is 3.44. The number of carbonyl (C=O) groups excluding carboxylic acids is 1. The normalized spacial score (nSPS) is 18.5. The van der Waals surface area contributed by atoms with Crippen molar-refractivity contribution in [3.63, 3.8) is 0 Å². The third-order valence-corrected chi connectivity index (χ3v) is 4.46. The highest BCUT2D eigenvalue weighted by atomic mass is 16.5. The van der Waals surface area contributed by atoms with Crippen LogP contribution in [0.3, 0.4) is 0 Å². The quantitative estimate of drug-likeness (QED) is 0.925. The summed E-state index contributed by atoms with van der Waals surface area (Å²) < 4.78 is 5.41. The van der Waals surface area contributed by atoms with Crippen LogP contribution in [0.25, 0.3) is 0 Å². The van der Waals surface area contributed by atoms with Crippen LogP contribution >= 0.6 is 0 Å². The summed E-state index contributed by atoms with van der Waals surface area (Å²) in [6.45, 7) is 12.4. The highest BCUT2D eigenvalue weighted by molar-refractivity contribution is 5.80. The van der Waals surface area contributed by atoms with Crippen LogP contribution in [-0.2, 0) is 21.4 Å². The van der Waals surface area contributed by atoms with Crippen molar-refractivity contribution < 1.29 is 9.53 Å². The van der Waals surface area contributed by atoms with Gasteiger partial charge in [0.2, 0.25) is 5.91 Å². The van der Waals surface area contributed by atoms with Gasteiger partial charge in [-0.25, -0.2) is 0 Å². The van der Waals surface area contributed by atoms with Crippen LogP contribution in [0.4, 0.5) is 0 Å². The molecule has 3 heteroatoms. The minimum atomic E-state index is -0.231. The average molecular weight is 303 g/mol. The van der Waals surface area contributed by atoms with E-state index in [9.17, 15) is 4.79 Å². The van der Waals surface area contributed by atoms with Gasteiger partial charge in [0, 0.05) is 13.2 Å². The van der Waals surface area contributed by atoms with E-state index in [2.05, 4.69) is 52.1 Å². The van der Waals surface area contributed by atoms with Crippen LogP contribution in [0.2, 0.25) is 0 Å². The van der Waals surface area contributed by atoms with E-state index >= 15 is 0 Å². The fraction of sp³-hybridized carbons (Fsp3) is 0.632. The van der Waals surface area contributed by atoms with E-state index in [0.29, 0.717) is 13.2 Å². The molecule has 0 spiro atoms. The van der Waals surface area contributed by atoms with Gasteiger partial charge in [0.1, 0.15) is 6.10 Å². The molecule has 22 heavy (non-hydrogen) atoms. The molecule has 3 nitrogen and oxygen atoms in total. The molecule has 1 N–H and O–H groups in total. The second-order valence-electron chi connectivity index (χ2n) is 7.38. The van der Waals surface area contributed by atoms with E-state index in [1.54, 1.807) is 0 Å². The largest absolute Gasteiger partial charge is 0.368 e. The molecule has 0 unspecified atom stereocenters. The zero-order valence-corrected chi connectivity index (χ0v) is 14.6. The maximum Gasteiger partial charge on any atom is 0.249 e. The number of aryl methyl sites for hydroxylation is 2. The SMILES string of the molecule is Cc1cc(C(C)(C)C)cc(C)c1CCNC(=O)[C@@H]1CCCO1. The molecular weight excluding hydrogens is 274 g/mol. The highest BCUT2D eigenvalue weighted by Crippen LogP contribution is 2.27. The van der Waals surface area contributed by atoms with Crippen LogP contribution in [0.1, 0.15) is 55.9 Å². The summed E-state index contributed by atoms with van der Waals surface area (Å²) in [6, 6.07) is 4.56. The lowest BCUT2D eigenvalue weighted by Gasteiger charge is -2.22. The number of hydrogen-bond acceptors (Lipinski definition) is 2. The molecule has 1 amide bonds. The van der Waals surface area contributed by atoms with Crippen LogP contribution in [0.15, 0.2) is 12.1 Å². The van der Waals surface area contributed by atoms with Crippen molar-refractivity contribution in [3.05, 3.63) is 34.4 Å². The summed E-state index contributed by atoms with van der Waals surface area (Å²) in [7, 11) is 0. The fourth-order valence-electron chi connectivity index (χ4n) is 3.03. The van der Waals surface area contributed by atoms with Gasteiger partial charge in [-0.1, -0.05) is 32.9 Å². The van der Waals surface area contributed by atoms with Gasteiger partial charge in [0.05, 0.1) is 0 Å². The molecule has 1 heterocycles. The summed E-state index contributed by atoms with van der Waals surface area (Å²) >= 11 is 0. The first-order chi connectivity index (χ1) is 10.3. The second-order valence-corrected chi connectivity index (χ2v) is 7.38. The van der Waals surface area contributed by atoms with Gasteiger partial charge in [-0.2, -0.15) is 0 Å². The number of rotatable bonds is 4. The van der Waals surface area contributed by atoms with Gasteiger partial charge in [0.15, 0.2) is 0 Å². The minimum absolute atomic E-state index is 0.0408. The molecule has 122 valence electrons. The number of nitrogens with one attached hydrogen (secondary N) is 1. The van der Waals surface area contributed by atoms with Crippen molar-refractivity contribution in [2.45, 2.75) is 65.4 Å². The van der Waals surface area contributed by atoms with Gasteiger partial charge in [0.25, 0.3) is 0 Å². The molecule has 0 saturated carbocycles. The first-order valence-corrected chi connectivity index (χ1v) is 8.29. The third-order valence-electron chi connectivity index (χ3n) is 4.46. The van der Waals surface area contributed by atoms with Crippen molar-refractivity contribution in [2.24, 2.45) is 0 Å². The molecule has 1 aromatic rings. The lowest BCUT2D eigenvalue weighted by molar-refractivity contribution is -0.129. The molecule has 0 bridgehead atoms. The standard InChI is InChI=1S/C19H29NO2/c1-13-11-15(19(3,4)5)12-14(2)16(13)8-9-20-18(21)17-7-6-10-22-17/h11-12,17H,6-10H2,1-5H3,(H,20,21)/t17-/m0/s1. The second kappa shape index (κ2) is 6.82. The van der Waals surface area contributed by atoms with Gasteiger partial charge in [-0.15, -0.1) is 0 Å². The van der Waals surface area contributed by atoms with Crippen molar-refractivity contribution in [1.82, 2.24) is 5.32 Å². The van der Waals surface area contributed by atoms with Gasteiger partial charge < -0.3 is 10.1 Å². The Bertz CT molecular complexity index is 514. The smallest absolute Gasteiger partial charge is 0.249 e. The Morgan fingerprint density at radius 1 is 1.27 bits per heavy atom. The minimum Gasteiger partial charge on any atom is -0.368 e. The molecule has 1 fully saturated rings. The average Bonchev–Trinajstić information content (AvgIpc) is 2.94. The van der Waals surface area contributed by atoms with E-state index in [1.165, 1.54) is 22.3 Å². The Morgan fingerprint density at radius 2 is 1.91 bits per heavy atom. The predicted molar refractivity (Wildman–Crippen MR) is 90.3 cm³/mol. The first kappa shape index (κ1) is 17.0. The van der Waals surface area contributed by atoms with E-state index in [1.807, 2.05) is 0 Å². The van der Waals surface area contributed by atoms with Gasteiger partial charge in [-0.05, 0) is 60.8 Å². The molecule has 2 rings (SSSR count). The topological polar surface area (TPSA) is 38.3 Å². The van der Waals surface area contributed by atoms with Crippen LogP contribution in [0.5, 0.6) is 0 Å². The monoisotopic (exact) mass is 303 g/mol. The number of benzene rings is 1. The molecule has 1 aromatic carbocycles. The Labute approximate surface area is 134 Å². The fourth-order valence-corrected chi connectivity index (χ4v) is 3.03. The lowest BCUT2D eigenvalue weighted by Crippen LogP contribution is -2.35. The van der Waals surface area contributed by atoms with Gasteiger partial charge >= 0.3 is 0 Å². The number of carbonyl (C=O) groups is 1. The number of ether oxygens (including phenoxy) is 1. The maximum absolute atomic E-state index is 12.0. The Morgan fingerprint density at radius 3 is 2.41 bits per heavy atom. The molecule has 1 aliphatic rings. The van der Waals surface area contributed by atoms with Crippen molar-refractivity contribution in [3.8, 4) is 0 Å². The molecule has 0 radical (unpaired) electrons. The summed E-state index contributed by atoms with van der Waals surface area (Å²) in [5.41, 5.74) is 5.52. The van der Waals surface area contributed by atoms with Crippen LogP contribution in [0, 0.1) is 13.8 Å². The maximum atomic E-state index is 12.0. The summed E-state index contributed by atoms with van der Waals surface area (Å²) in [5.74, 6) is 0.0408. The van der Waals surface area contributed by atoms with E-state index in [0.717, 1.165) is 19.3 Å². The van der Waals surface area contributed by atoms with Crippen LogP contribution < -0.4 is 5.32 Å². The zero-order valence-electron chi connectivity index (χ0n) is 14.6. The van der Waals surface area contributed by atoms with Crippen molar-refractivity contribution in [2.75, 3.05) is 13.2 Å². The Hall–Kier alpha value is -1.35. The summed E-state index contributed by atoms with van der Waals surface area (Å²) in [6.07, 6.45) is 2.49. The molecule has 1 atom stereocenters. The Kier molecular flexibility index (Phi) is 5.28. The first-order valence-electron chi connectivity index (χ1n) is 8.29. The molecule has 1 aliphatic heterocycles. The van der Waals surface area contributed by atoms with E-state index in [4.69, 9.17) is 4.74 Å². The summed E-state index contributed by atoms with van der Waals surface area (Å²) in [5, 5.41) is 3.01. The van der Waals surface area contributed by atoms with Gasteiger partial charge in [-0.3, -0.25) is 4.79 Å². The molecular formula is C19H29NO2. The number of hydrogen-bond donors (Lipinski definition) is 1. The lowest BCUT2D eigenvalue weighted by atomic mass is 9.83. The zero-order chi connectivity index (χ0) is 16.3. The molecule has 0 aliphatic carbocycles. The number of amides is 1. The summed E-state index contributed by atoms with van der Waals surface area (Å²) in [4.78, 5) is 12.0. The van der Waals surface area contributed by atoms with Crippen molar-refractivity contribution in [1.29, 1.82) is 0 Å². The van der Waals surface area contributed by atoms with Crippen molar-refractivity contribution >= 4 is 5.91 Å². The van der Waals surface area contributed by atoms with E-state index in [-0.39, 0.29) is 17.4 Å².